The van der Waals surface area contributed by atoms with Crippen molar-refractivity contribution in [1.82, 2.24) is 0 Å². The van der Waals surface area contributed by atoms with Gasteiger partial charge < -0.3 is 2.85 Å². The number of hydrogen-bond acceptors (Lipinski definition) is 0. The van der Waals surface area contributed by atoms with E-state index in [1.165, 1.54) is 0 Å². The molecule has 0 amide bonds. The Bertz CT molecular complexity index is 13.5. The molecule has 0 N–H and O–H groups in total. The zero-order valence-corrected chi connectivity index (χ0v) is 8.79. The maximum absolute atomic E-state index is 0. The predicted molar refractivity (Wildman–Crippen MR) is 13.7 cm³/mol. The van der Waals surface area contributed by atoms with Gasteiger partial charge in [0.05, 0.1) is 0 Å². The van der Waals surface area contributed by atoms with Gasteiger partial charge >= 0.3 is 23.1 Å². The minimum atomic E-state index is 0. The molecule has 4 heavy (non-hydrogen) atoms. The van der Waals surface area contributed by atoms with Crippen molar-refractivity contribution in [2.24, 2.45) is 0 Å². The molecule has 0 aromatic carbocycles. The van der Waals surface area contributed by atoms with Gasteiger partial charge in [-0.2, -0.15) is 0 Å². The first-order valence-corrected chi connectivity index (χ1v) is 0. The molecule has 0 unspecified atom stereocenters. The molecule has 4 heteroatoms. The normalized spacial score (nSPS) is 0. The van der Waals surface area contributed by atoms with Crippen molar-refractivity contribution < 1.29 is 43.4 Å². The third kappa shape index (κ3) is 8.91. The Morgan fingerprint density at radius 1 is 1.25 bits per heavy atom. The van der Waals surface area contributed by atoms with Crippen molar-refractivity contribution in [1.29, 1.82) is 0 Å². The van der Waals surface area contributed by atoms with Crippen molar-refractivity contribution in [3.8, 4) is 0 Å². The molecule has 0 aromatic rings. The van der Waals surface area contributed by atoms with Crippen LogP contribution in [0.2, 0.25) is 0 Å². The zero-order valence-electron chi connectivity index (χ0n) is 4.40. The van der Waals surface area contributed by atoms with Gasteiger partial charge in [-0.1, -0.05) is 0 Å². The van der Waals surface area contributed by atoms with E-state index in [1.54, 1.807) is 0 Å². The summed E-state index contributed by atoms with van der Waals surface area (Å²) in [7, 11) is 0. The second-order valence-corrected chi connectivity index (χ2v) is 0. The van der Waals surface area contributed by atoms with Gasteiger partial charge in [-0.3, -0.25) is 0 Å². The molecule has 0 saturated carbocycles. The van der Waals surface area contributed by atoms with Crippen LogP contribution in [0.3, 0.4) is 0 Å². The summed E-state index contributed by atoms with van der Waals surface area (Å²) < 4.78 is 0. The number of hydrogen-bond donors (Lipinski definition) is 0. The van der Waals surface area contributed by atoms with Crippen LogP contribution in [0.4, 0.5) is 0 Å². The van der Waals surface area contributed by atoms with E-state index in [0.717, 1.165) is 0 Å². The van der Waals surface area contributed by atoms with Gasteiger partial charge in [-0.25, -0.2) is 0 Å². The van der Waals surface area contributed by atoms with Gasteiger partial charge in [0.25, 0.3) is 0 Å². The van der Waals surface area contributed by atoms with Crippen molar-refractivity contribution in [3.05, 3.63) is 0 Å². The molecule has 3 radical (unpaired) electrons. The molecule has 0 rings (SSSR count). The van der Waals surface area contributed by atoms with Crippen molar-refractivity contribution in [3.63, 3.8) is 0 Å². The fraction of sp³-hybridized carbons (Fsp3) is 0. The molecular formula is H2BMgMoZn. The smallest absolute Gasteiger partial charge is 1.00 e. The third-order valence-electron chi connectivity index (χ3n) is 0. The fourth-order valence-corrected chi connectivity index (χ4v) is 0. The summed E-state index contributed by atoms with van der Waals surface area (Å²) in [5.41, 5.74) is 0. The van der Waals surface area contributed by atoms with Crippen LogP contribution in [-0.2, 0) is 40.5 Å². The summed E-state index contributed by atoms with van der Waals surface area (Å²) in [5.74, 6) is 0. The van der Waals surface area contributed by atoms with E-state index in [2.05, 4.69) is 0 Å². The van der Waals surface area contributed by atoms with Gasteiger partial charge in [-0.05, 0) is 0 Å². The topological polar surface area (TPSA) is 0 Å². The van der Waals surface area contributed by atoms with E-state index in [1.807, 2.05) is 0 Å². The maximum atomic E-state index is 0. The molecule has 0 saturated heterocycles. The minimum Gasteiger partial charge on any atom is -1.00 e. The first-order valence-electron chi connectivity index (χ1n) is 0. The van der Waals surface area contributed by atoms with E-state index in [4.69, 9.17) is 0 Å². The summed E-state index contributed by atoms with van der Waals surface area (Å²) in [6, 6.07) is 0. The van der Waals surface area contributed by atoms with Crippen LogP contribution in [0, 0.1) is 0 Å². The SMILES string of the molecule is [B].[H-].[H-].[Mg+2].[Mo].[Zn]. The first-order chi connectivity index (χ1) is 0. The van der Waals surface area contributed by atoms with Crippen LogP contribution in [-0.4, -0.2) is 31.5 Å². The molecule has 0 aromatic heterocycles. The van der Waals surface area contributed by atoms with E-state index in [-0.39, 0.29) is 74.9 Å². The Kier molecular flexibility index (Phi) is 170. The monoisotopic (exact) mass is 199 g/mol. The van der Waals surface area contributed by atoms with Crippen molar-refractivity contribution >= 4 is 31.5 Å². The summed E-state index contributed by atoms with van der Waals surface area (Å²) in [5, 5.41) is 0. The van der Waals surface area contributed by atoms with Crippen LogP contribution >= 0.6 is 0 Å². The zero-order chi connectivity index (χ0) is 0. The van der Waals surface area contributed by atoms with Crippen molar-refractivity contribution in [2.75, 3.05) is 0 Å². The van der Waals surface area contributed by atoms with Gasteiger partial charge in [0.15, 0.2) is 0 Å². The summed E-state index contributed by atoms with van der Waals surface area (Å²) in [4.78, 5) is 0. The Labute approximate surface area is 74.2 Å². The van der Waals surface area contributed by atoms with Crippen LogP contribution < -0.4 is 0 Å². The molecule has 0 fully saturated rings. The average Bonchev–Trinajstić information content (AvgIpc) is 0. The van der Waals surface area contributed by atoms with E-state index < -0.39 is 0 Å². The second kappa shape index (κ2) is 19.2. The Balaban J connectivity index is 0. The second-order valence-electron chi connectivity index (χ2n) is 0. The van der Waals surface area contributed by atoms with Gasteiger partial charge in [-0.15, -0.1) is 0 Å². The Morgan fingerprint density at radius 3 is 1.25 bits per heavy atom. The predicted octanol–water partition coefficient (Wildman–Crippen LogP) is -0.542. The van der Waals surface area contributed by atoms with Crippen LogP contribution in [0.5, 0.6) is 0 Å². The fourth-order valence-electron chi connectivity index (χ4n) is 0. The standard InChI is InChI=1S/B.Mg.Mo.Zn.2H/q;+2;;;2*-1. The molecule has 0 heterocycles. The Hall–Kier alpha value is 2.14. The number of rotatable bonds is 0. The molecule has 15 valence electrons. The molecule has 0 aliphatic heterocycles. The van der Waals surface area contributed by atoms with E-state index in [9.17, 15) is 0 Å². The van der Waals surface area contributed by atoms with Gasteiger partial charge in [0, 0.05) is 49.0 Å². The molecule has 0 bridgehead atoms. The van der Waals surface area contributed by atoms with E-state index >= 15 is 0 Å². The van der Waals surface area contributed by atoms with Crippen LogP contribution in [0.1, 0.15) is 2.85 Å². The quantitative estimate of drug-likeness (QED) is 0.459. The molecule has 0 aliphatic rings. The van der Waals surface area contributed by atoms with Crippen LogP contribution in [0.25, 0.3) is 0 Å². The summed E-state index contributed by atoms with van der Waals surface area (Å²) in [6.45, 7) is 0. The van der Waals surface area contributed by atoms with Gasteiger partial charge in [0.1, 0.15) is 0 Å². The summed E-state index contributed by atoms with van der Waals surface area (Å²) in [6.07, 6.45) is 0. The summed E-state index contributed by atoms with van der Waals surface area (Å²) >= 11 is 0. The molecule has 0 spiro atoms. The van der Waals surface area contributed by atoms with E-state index in [0.29, 0.717) is 0 Å². The average molecular weight is 198 g/mol. The maximum Gasteiger partial charge on any atom is 2.00 e. The largest absolute Gasteiger partial charge is 2.00 e. The minimum absolute atomic E-state index is 0. The molecule has 0 aliphatic carbocycles. The Morgan fingerprint density at radius 2 is 1.25 bits per heavy atom. The molecule has 0 atom stereocenters. The molecular weight excluding hydrogens is 196 g/mol. The molecule has 0 nitrogen and oxygen atoms in total. The van der Waals surface area contributed by atoms with Crippen LogP contribution in [0.15, 0.2) is 0 Å². The first kappa shape index (κ1) is 35.4. The van der Waals surface area contributed by atoms with Crippen molar-refractivity contribution in [2.45, 2.75) is 0 Å². The van der Waals surface area contributed by atoms with Gasteiger partial charge in [0.2, 0.25) is 0 Å². The third-order valence-corrected chi connectivity index (χ3v) is 0.